The number of benzene rings is 2. The van der Waals surface area contributed by atoms with Crippen molar-refractivity contribution in [3.05, 3.63) is 70.8 Å². The highest BCUT2D eigenvalue weighted by Crippen LogP contribution is 2.36. The first-order valence-electron chi connectivity index (χ1n) is 6.92. The van der Waals surface area contributed by atoms with Gasteiger partial charge in [0.15, 0.2) is 0 Å². The normalized spacial score (nSPS) is 21.9. The number of halogens is 3. The molecule has 4 heteroatoms. The Morgan fingerprint density at radius 3 is 2.14 bits per heavy atom. The molecule has 0 aliphatic heterocycles. The lowest BCUT2D eigenvalue weighted by Gasteiger charge is -2.35. The quantitative estimate of drug-likeness (QED) is 0.843. The van der Waals surface area contributed by atoms with E-state index in [1.807, 2.05) is 18.2 Å². The van der Waals surface area contributed by atoms with Gasteiger partial charge >= 0.3 is 6.18 Å². The summed E-state index contributed by atoms with van der Waals surface area (Å²) in [5, 5.41) is 0. The molecular formula is C17H16F3N. The number of fused-ring (bicyclic) bond motifs is 1. The van der Waals surface area contributed by atoms with E-state index < -0.39 is 17.3 Å². The molecule has 110 valence electrons. The van der Waals surface area contributed by atoms with E-state index >= 15 is 0 Å². The Morgan fingerprint density at radius 1 is 0.905 bits per heavy atom. The molecular weight excluding hydrogens is 275 g/mol. The van der Waals surface area contributed by atoms with Crippen LogP contribution in [0.3, 0.4) is 0 Å². The predicted octanol–water partition coefficient (Wildman–Crippen LogP) is 4.05. The molecule has 2 N–H and O–H groups in total. The average Bonchev–Trinajstić information content (AvgIpc) is 2.46. The summed E-state index contributed by atoms with van der Waals surface area (Å²) in [6.07, 6.45) is -2.04. The van der Waals surface area contributed by atoms with Crippen LogP contribution in [0.25, 0.3) is 0 Å². The molecule has 1 aliphatic carbocycles. The van der Waals surface area contributed by atoms with Crippen molar-refractivity contribution in [1.82, 2.24) is 0 Å². The van der Waals surface area contributed by atoms with Gasteiger partial charge in [-0.3, -0.25) is 0 Å². The zero-order valence-electron chi connectivity index (χ0n) is 11.5. The second kappa shape index (κ2) is 4.88. The van der Waals surface area contributed by atoms with E-state index in [4.69, 9.17) is 5.73 Å². The number of alkyl halides is 3. The molecule has 0 bridgehead atoms. The van der Waals surface area contributed by atoms with Crippen molar-refractivity contribution < 1.29 is 13.2 Å². The van der Waals surface area contributed by atoms with E-state index in [0.717, 1.165) is 30.5 Å². The number of hydrogen-bond acceptors (Lipinski definition) is 1. The molecule has 2 aromatic rings. The van der Waals surface area contributed by atoms with Crippen LogP contribution in [0.1, 0.15) is 28.7 Å². The van der Waals surface area contributed by atoms with Crippen LogP contribution in [0, 0.1) is 0 Å². The highest BCUT2D eigenvalue weighted by Gasteiger charge is 2.34. The minimum absolute atomic E-state index is 0.585. The third-order valence-electron chi connectivity index (χ3n) is 4.25. The highest BCUT2D eigenvalue weighted by atomic mass is 19.4. The van der Waals surface area contributed by atoms with Crippen LogP contribution in [-0.2, 0) is 24.6 Å². The van der Waals surface area contributed by atoms with E-state index in [0.29, 0.717) is 6.42 Å². The van der Waals surface area contributed by atoms with Crippen molar-refractivity contribution >= 4 is 0 Å². The van der Waals surface area contributed by atoms with Gasteiger partial charge in [-0.05, 0) is 48.1 Å². The van der Waals surface area contributed by atoms with Gasteiger partial charge < -0.3 is 5.73 Å². The van der Waals surface area contributed by atoms with Gasteiger partial charge in [-0.2, -0.15) is 13.2 Å². The molecule has 1 aliphatic rings. The van der Waals surface area contributed by atoms with Crippen LogP contribution in [0.2, 0.25) is 0 Å². The Bertz CT molecular complexity index is 646. The SMILES string of the molecule is NC1(c2ccc(C(F)(F)F)cc2)CCc2ccccc2C1. The van der Waals surface area contributed by atoms with E-state index in [1.54, 1.807) is 0 Å². The van der Waals surface area contributed by atoms with Crippen LogP contribution in [-0.4, -0.2) is 0 Å². The maximum atomic E-state index is 12.6. The lowest BCUT2D eigenvalue weighted by Crippen LogP contribution is -2.42. The van der Waals surface area contributed by atoms with Crippen molar-refractivity contribution in [3.63, 3.8) is 0 Å². The first-order valence-corrected chi connectivity index (χ1v) is 6.92. The van der Waals surface area contributed by atoms with Crippen molar-refractivity contribution in [3.8, 4) is 0 Å². The number of rotatable bonds is 1. The first-order chi connectivity index (χ1) is 9.88. The molecule has 0 saturated carbocycles. The van der Waals surface area contributed by atoms with Crippen molar-refractivity contribution in [1.29, 1.82) is 0 Å². The predicted molar refractivity (Wildman–Crippen MR) is 75.8 cm³/mol. The fraction of sp³-hybridized carbons (Fsp3) is 0.294. The molecule has 0 radical (unpaired) electrons. The average molecular weight is 291 g/mol. The van der Waals surface area contributed by atoms with Crippen molar-refractivity contribution in [2.75, 3.05) is 0 Å². The lowest BCUT2D eigenvalue weighted by molar-refractivity contribution is -0.137. The second-order valence-corrected chi connectivity index (χ2v) is 5.68. The summed E-state index contributed by atoms with van der Waals surface area (Å²) in [5.74, 6) is 0. The van der Waals surface area contributed by atoms with E-state index in [9.17, 15) is 13.2 Å². The van der Waals surface area contributed by atoms with Gasteiger partial charge in [0.1, 0.15) is 0 Å². The summed E-state index contributed by atoms with van der Waals surface area (Å²) >= 11 is 0. The Hall–Kier alpha value is -1.81. The Kier molecular flexibility index (Phi) is 3.29. The zero-order valence-corrected chi connectivity index (χ0v) is 11.5. The van der Waals surface area contributed by atoms with E-state index in [1.165, 1.54) is 23.3 Å². The third kappa shape index (κ3) is 2.68. The molecule has 3 rings (SSSR count). The molecule has 0 spiro atoms. The topological polar surface area (TPSA) is 26.0 Å². The van der Waals surface area contributed by atoms with E-state index in [-0.39, 0.29) is 0 Å². The Balaban J connectivity index is 1.90. The molecule has 0 heterocycles. The van der Waals surface area contributed by atoms with Crippen molar-refractivity contribution in [2.24, 2.45) is 5.73 Å². The highest BCUT2D eigenvalue weighted by molar-refractivity contribution is 5.37. The molecule has 0 saturated heterocycles. The van der Waals surface area contributed by atoms with Gasteiger partial charge in [-0.25, -0.2) is 0 Å². The van der Waals surface area contributed by atoms with Gasteiger partial charge in [-0.1, -0.05) is 36.4 Å². The molecule has 1 unspecified atom stereocenters. The Labute approximate surface area is 121 Å². The van der Waals surface area contributed by atoms with Crippen LogP contribution >= 0.6 is 0 Å². The third-order valence-corrected chi connectivity index (χ3v) is 4.25. The largest absolute Gasteiger partial charge is 0.416 e. The molecule has 1 nitrogen and oxygen atoms in total. The van der Waals surface area contributed by atoms with Gasteiger partial charge in [0, 0.05) is 5.54 Å². The molecule has 0 amide bonds. The summed E-state index contributed by atoms with van der Waals surface area (Å²) in [5.41, 5.74) is 8.49. The smallest absolute Gasteiger partial charge is 0.321 e. The maximum absolute atomic E-state index is 12.6. The van der Waals surface area contributed by atoms with E-state index in [2.05, 4.69) is 6.07 Å². The second-order valence-electron chi connectivity index (χ2n) is 5.68. The molecule has 0 aromatic heterocycles. The van der Waals surface area contributed by atoms with Gasteiger partial charge in [0.2, 0.25) is 0 Å². The molecule has 21 heavy (non-hydrogen) atoms. The van der Waals surface area contributed by atoms with Crippen LogP contribution in [0.5, 0.6) is 0 Å². The van der Waals surface area contributed by atoms with Crippen molar-refractivity contribution in [2.45, 2.75) is 31.0 Å². The maximum Gasteiger partial charge on any atom is 0.416 e. The first kappa shape index (κ1) is 14.1. The molecule has 0 fully saturated rings. The standard InChI is InChI=1S/C17H16F3N/c18-17(19,20)15-7-5-14(6-8-15)16(21)10-9-12-3-1-2-4-13(12)11-16/h1-8H,9-11,21H2. The fourth-order valence-corrected chi connectivity index (χ4v) is 3.00. The summed E-state index contributed by atoms with van der Waals surface area (Å²) in [7, 11) is 0. The monoisotopic (exact) mass is 291 g/mol. The van der Waals surface area contributed by atoms with Crippen LogP contribution in [0.15, 0.2) is 48.5 Å². The number of nitrogens with two attached hydrogens (primary N) is 1. The summed E-state index contributed by atoms with van der Waals surface area (Å²) in [4.78, 5) is 0. The Morgan fingerprint density at radius 2 is 1.52 bits per heavy atom. The summed E-state index contributed by atoms with van der Waals surface area (Å²) in [6, 6.07) is 13.3. The lowest BCUT2D eigenvalue weighted by atomic mass is 9.74. The summed E-state index contributed by atoms with van der Waals surface area (Å²) in [6.45, 7) is 0. The number of aryl methyl sites for hydroxylation is 1. The van der Waals surface area contributed by atoms with Crippen LogP contribution in [0.4, 0.5) is 13.2 Å². The number of hydrogen-bond donors (Lipinski definition) is 1. The molecule has 1 atom stereocenters. The van der Waals surface area contributed by atoms with Gasteiger partial charge in [0.25, 0.3) is 0 Å². The minimum atomic E-state index is -4.31. The van der Waals surface area contributed by atoms with Gasteiger partial charge in [-0.15, -0.1) is 0 Å². The van der Waals surface area contributed by atoms with Crippen LogP contribution < -0.4 is 5.73 Å². The van der Waals surface area contributed by atoms with Gasteiger partial charge in [0.05, 0.1) is 5.56 Å². The minimum Gasteiger partial charge on any atom is -0.321 e. The molecule has 2 aromatic carbocycles. The zero-order chi connectivity index (χ0) is 15.1. The summed E-state index contributed by atoms with van der Waals surface area (Å²) < 4.78 is 37.9. The fourth-order valence-electron chi connectivity index (χ4n) is 3.00.